The van der Waals surface area contributed by atoms with Crippen LogP contribution in [0.1, 0.15) is 26.2 Å². The van der Waals surface area contributed by atoms with E-state index in [0.717, 1.165) is 43.8 Å². The monoisotopic (exact) mass is 303 g/mol. The van der Waals surface area contributed by atoms with Gasteiger partial charge in [-0.15, -0.1) is 10.2 Å². The third kappa shape index (κ3) is 1.92. The van der Waals surface area contributed by atoms with Gasteiger partial charge in [0, 0.05) is 43.9 Å². The summed E-state index contributed by atoms with van der Waals surface area (Å²) in [4.78, 5) is 6.72. The molecule has 2 aromatic rings. The molecule has 22 heavy (non-hydrogen) atoms. The molecule has 1 aliphatic heterocycles. The molecule has 2 aliphatic rings. The van der Waals surface area contributed by atoms with Crippen LogP contribution in [-0.2, 0) is 4.74 Å². The van der Waals surface area contributed by atoms with Gasteiger partial charge in [-0.2, -0.15) is 0 Å². The first kappa shape index (κ1) is 13.9. The minimum absolute atomic E-state index is 0.0642. The Bertz CT molecular complexity index is 663. The van der Waals surface area contributed by atoms with E-state index in [1.54, 1.807) is 12.5 Å². The molecular formula is C15H21N5O2. The summed E-state index contributed by atoms with van der Waals surface area (Å²) >= 11 is 0. The Kier molecular flexibility index (Phi) is 3.27. The van der Waals surface area contributed by atoms with E-state index in [4.69, 9.17) is 4.74 Å². The Labute approximate surface area is 128 Å². The second-order valence-corrected chi connectivity index (χ2v) is 6.23. The Hall–Kier alpha value is -1.73. The number of aromatic nitrogens is 4. The molecule has 0 unspecified atom stereocenters. The van der Waals surface area contributed by atoms with Gasteiger partial charge in [-0.25, -0.2) is 4.98 Å². The molecule has 2 aromatic heterocycles. The summed E-state index contributed by atoms with van der Waals surface area (Å²) in [5.74, 6) is 0.872. The molecule has 0 radical (unpaired) electrons. The van der Waals surface area contributed by atoms with Crippen LogP contribution in [0.3, 0.4) is 0 Å². The van der Waals surface area contributed by atoms with Crippen molar-refractivity contribution in [1.82, 2.24) is 19.6 Å². The zero-order valence-corrected chi connectivity index (χ0v) is 12.7. The summed E-state index contributed by atoms with van der Waals surface area (Å²) in [7, 11) is 0. The number of piperidine rings is 1. The Balaban J connectivity index is 1.53. The van der Waals surface area contributed by atoms with Crippen molar-refractivity contribution in [3.05, 3.63) is 18.7 Å². The predicted molar refractivity (Wildman–Crippen MR) is 80.7 cm³/mol. The van der Waals surface area contributed by atoms with Crippen molar-refractivity contribution in [2.75, 3.05) is 24.6 Å². The molecule has 0 bridgehead atoms. The van der Waals surface area contributed by atoms with E-state index >= 15 is 0 Å². The molecule has 1 spiro atoms. The van der Waals surface area contributed by atoms with Gasteiger partial charge >= 0.3 is 0 Å². The first-order valence-corrected chi connectivity index (χ1v) is 7.93. The lowest BCUT2D eigenvalue weighted by molar-refractivity contribution is -0.199. The van der Waals surface area contributed by atoms with Crippen LogP contribution in [0.25, 0.3) is 5.65 Å². The van der Waals surface area contributed by atoms with Crippen LogP contribution in [0.2, 0.25) is 0 Å². The van der Waals surface area contributed by atoms with Crippen LogP contribution < -0.4 is 4.90 Å². The van der Waals surface area contributed by atoms with Gasteiger partial charge in [0.25, 0.3) is 0 Å². The molecule has 1 aliphatic carbocycles. The van der Waals surface area contributed by atoms with Gasteiger partial charge in [-0.3, -0.25) is 4.40 Å². The van der Waals surface area contributed by atoms with Gasteiger partial charge < -0.3 is 14.7 Å². The number of aliphatic hydroxyl groups is 1. The standard InChI is InChI=1S/C15H21N5O2/c1-2-22-12-9-11(21)15(12)3-6-19(7-4-15)13-14-18-17-10-20(14)8-5-16-13/h5,8,10-12,21H,2-4,6-7,9H2,1H3/t11-,12+/m0/s1. The average Bonchev–Trinajstić information content (AvgIpc) is 3.03. The van der Waals surface area contributed by atoms with Crippen LogP contribution in [0.4, 0.5) is 5.82 Å². The number of ether oxygens (including phenoxy) is 1. The lowest BCUT2D eigenvalue weighted by atomic mass is 9.58. The molecule has 3 heterocycles. The first-order valence-electron chi connectivity index (χ1n) is 7.93. The molecule has 7 heteroatoms. The predicted octanol–water partition coefficient (Wildman–Crippen LogP) is 0.881. The molecule has 1 saturated heterocycles. The zero-order valence-electron chi connectivity index (χ0n) is 12.7. The van der Waals surface area contributed by atoms with Crippen LogP contribution in [0, 0.1) is 5.41 Å². The second-order valence-electron chi connectivity index (χ2n) is 6.23. The normalized spacial score (nSPS) is 27.3. The maximum atomic E-state index is 10.3. The molecule has 0 amide bonds. The number of anilines is 1. The number of nitrogens with zero attached hydrogens (tertiary/aromatic N) is 5. The zero-order chi connectivity index (χ0) is 15.2. The van der Waals surface area contributed by atoms with Crippen molar-refractivity contribution in [3.63, 3.8) is 0 Å². The summed E-state index contributed by atoms with van der Waals surface area (Å²) in [5, 5.41) is 18.4. The topological polar surface area (TPSA) is 75.8 Å². The number of fused-ring (bicyclic) bond motifs is 1. The smallest absolute Gasteiger partial charge is 0.203 e. The maximum Gasteiger partial charge on any atom is 0.203 e. The van der Waals surface area contributed by atoms with Crippen molar-refractivity contribution < 1.29 is 9.84 Å². The van der Waals surface area contributed by atoms with E-state index in [-0.39, 0.29) is 17.6 Å². The Morgan fingerprint density at radius 2 is 2.23 bits per heavy atom. The Morgan fingerprint density at radius 1 is 1.41 bits per heavy atom. The van der Waals surface area contributed by atoms with Crippen molar-refractivity contribution in [2.45, 2.75) is 38.4 Å². The highest BCUT2D eigenvalue weighted by atomic mass is 16.5. The molecular weight excluding hydrogens is 282 g/mol. The fourth-order valence-corrected chi connectivity index (χ4v) is 3.92. The van der Waals surface area contributed by atoms with Gasteiger partial charge in [-0.1, -0.05) is 0 Å². The average molecular weight is 303 g/mol. The lowest BCUT2D eigenvalue weighted by Gasteiger charge is -2.56. The van der Waals surface area contributed by atoms with E-state index < -0.39 is 0 Å². The van der Waals surface area contributed by atoms with Crippen LogP contribution >= 0.6 is 0 Å². The second kappa shape index (κ2) is 5.17. The molecule has 0 aromatic carbocycles. The van der Waals surface area contributed by atoms with Crippen molar-refractivity contribution >= 4 is 11.5 Å². The molecule has 1 N–H and O–H groups in total. The minimum Gasteiger partial charge on any atom is -0.392 e. The van der Waals surface area contributed by atoms with Gasteiger partial charge in [0.1, 0.15) is 6.33 Å². The molecule has 1 saturated carbocycles. The number of hydrogen-bond acceptors (Lipinski definition) is 6. The fourth-order valence-electron chi connectivity index (χ4n) is 3.92. The van der Waals surface area contributed by atoms with E-state index in [0.29, 0.717) is 6.61 Å². The summed E-state index contributed by atoms with van der Waals surface area (Å²) in [5.41, 5.74) is 0.722. The van der Waals surface area contributed by atoms with Crippen molar-refractivity contribution in [2.24, 2.45) is 5.41 Å². The highest BCUT2D eigenvalue weighted by molar-refractivity contribution is 5.63. The van der Waals surface area contributed by atoms with Gasteiger partial charge in [-0.05, 0) is 19.8 Å². The van der Waals surface area contributed by atoms with Crippen LogP contribution in [-0.4, -0.2) is 56.6 Å². The van der Waals surface area contributed by atoms with Crippen LogP contribution in [0.15, 0.2) is 18.7 Å². The molecule has 2 atom stereocenters. The minimum atomic E-state index is -0.233. The number of aliphatic hydroxyl groups excluding tert-OH is 1. The molecule has 2 fully saturated rings. The molecule has 7 nitrogen and oxygen atoms in total. The summed E-state index contributed by atoms with van der Waals surface area (Å²) in [6.45, 7) is 4.45. The Morgan fingerprint density at radius 3 is 2.95 bits per heavy atom. The third-order valence-electron chi connectivity index (χ3n) is 5.30. The lowest BCUT2D eigenvalue weighted by Crippen LogP contribution is -2.62. The third-order valence-corrected chi connectivity index (χ3v) is 5.30. The van der Waals surface area contributed by atoms with Crippen molar-refractivity contribution in [3.8, 4) is 0 Å². The fraction of sp³-hybridized carbons (Fsp3) is 0.667. The maximum absolute atomic E-state index is 10.3. The summed E-state index contributed by atoms with van der Waals surface area (Å²) < 4.78 is 7.70. The highest BCUT2D eigenvalue weighted by Gasteiger charge is 2.56. The summed E-state index contributed by atoms with van der Waals surface area (Å²) in [6.07, 6.45) is 7.90. The van der Waals surface area contributed by atoms with Gasteiger partial charge in [0.05, 0.1) is 12.2 Å². The number of hydrogen-bond donors (Lipinski definition) is 1. The van der Waals surface area contributed by atoms with E-state index in [9.17, 15) is 5.11 Å². The molecule has 4 rings (SSSR count). The van der Waals surface area contributed by atoms with Crippen molar-refractivity contribution in [1.29, 1.82) is 0 Å². The van der Waals surface area contributed by atoms with Crippen LogP contribution in [0.5, 0.6) is 0 Å². The highest BCUT2D eigenvalue weighted by Crippen LogP contribution is 2.51. The largest absolute Gasteiger partial charge is 0.392 e. The van der Waals surface area contributed by atoms with Gasteiger partial charge in [0.15, 0.2) is 5.82 Å². The van der Waals surface area contributed by atoms with E-state index in [2.05, 4.69) is 20.1 Å². The van der Waals surface area contributed by atoms with E-state index in [1.807, 2.05) is 17.5 Å². The first-order chi connectivity index (χ1) is 10.7. The van der Waals surface area contributed by atoms with E-state index in [1.165, 1.54) is 0 Å². The quantitative estimate of drug-likeness (QED) is 0.907. The number of rotatable bonds is 3. The van der Waals surface area contributed by atoms with Gasteiger partial charge in [0.2, 0.25) is 5.65 Å². The SMILES string of the molecule is CCO[C@@H]1C[C@H](O)C12CCN(c1nccn3cnnc13)CC2. The molecule has 118 valence electrons. The summed E-state index contributed by atoms with van der Waals surface area (Å²) in [6, 6.07) is 0.